The number of methoxy groups -OCH3 is 2. The Hall–Kier alpha value is -2.59. The van der Waals surface area contributed by atoms with Gasteiger partial charge in [0.15, 0.2) is 5.76 Å². The van der Waals surface area contributed by atoms with Crippen molar-refractivity contribution in [3.63, 3.8) is 0 Å². The fraction of sp³-hybridized carbons (Fsp3) is 0.273. The van der Waals surface area contributed by atoms with Crippen molar-refractivity contribution in [1.82, 2.24) is 4.90 Å². The highest BCUT2D eigenvalue weighted by atomic mass is 32.2. The molecule has 2 N–H and O–H groups in total. The highest BCUT2D eigenvalue weighted by Gasteiger charge is 2.61. The molecule has 1 aliphatic rings. The summed E-state index contributed by atoms with van der Waals surface area (Å²) in [6, 6.07) is 13.4. The molecule has 6 nitrogen and oxygen atoms in total. The Bertz CT molecular complexity index is 1150. The summed E-state index contributed by atoms with van der Waals surface area (Å²) >= 11 is 0. The maximum atomic E-state index is 15.9. The average molecular weight is 451 g/mol. The smallest absolute Gasteiger partial charge is 0.285 e. The molecule has 0 aromatic heterocycles. The van der Waals surface area contributed by atoms with Gasteiger partial charge in [0.25, 0.3) is 11.6 Å². The van der Waals surface area contributed by atoms with E-state index in [1.807, 2.05) is 6.07 Å². The molecule has 0 amide bonds. The van der Waals surface area contributed by atoms with E-state index in [-0.39, 0.29) is 21.8 Å². The number of nitrogens with two attached hydrogens (primary N) is 1. The Balaban J connectivity index is 2.41. The van der Waals surface area contributed by atoms with Crippen LogP contribution in [0, 0.1) is 0 Å². The number of primary sulfonamides is 1. The standard InChI is InChI=1S/C22H24F2N2O4S/c1-26(2)22(24)19(29-3)13-16(14-21(22,23)30-4)20-17(15-9-6-5-7-10-15)11-8-12-18(20)31(25,27)28/h5-14H,1-4H3,(H2,25,27,28). The number of allylic oxidation sites excluding steroid dienone is 2. The highest BCUT2D eigenvalue weighted by molar-refractivity contribution is 7.89. The second kappa shape index (κ2) is 8.16. The van der Waals surface area contributed by atoms with Crippen LogP contribution in [-0.4, -0.2) is 53.3 Å². The van der Waals surface area contributed by atoms with Gasteiger partial charge in [0.05, 0.1) is 12.0 Å². The van der Waals surface area contributed by atoms with Crippen LogP contribution in [0.25, 0.3) is 16.7 Å². The lowest BCUT2D eigenvalue weighted by Gasteiger charge is -2.43. The molecule has 31 heavy (non-hydrogen) atoms. The van der Waals surface area contributed by atoms with Crippen LogP contribution in [0.3, 0.4) is 0 Å². The van der Waals surface area contributed by atoms with Gasteiger partial charge in [-0.25, -0.2) is 22.3 Å². The number of ether oxygens (including phenoxy) is 2. The minimum absolute atomic E-state index is 0.0554. The first kappa shape index (κ1) is 23.1. The summed E-state index contributed by atoms with van der Waals surface area (Å²) in [5.74, 6) is -6.16. The monoisotopic (exact) mass is 450 g/mol. The van der Waals surface area contributed by atoms with Gasteiger partial charge in [0.1, 0.15) is 0 Å². The SMILES string of the molecule is COC1=CC(c2c(-c3ccccc3)cccc2S(N)(=O)=O)=CC(F)(OC)C1(F)N(C)C. The fourth-order valence-electron chi connectivity index (χ4n) is 3.72. The van der Waals surface area contributed by atoms with Gasteiger partial charge in [-0.15, -0.1) is 0 Å². The van der Waals surface area contributed by atoms with Crippen LogP contribution in [0.2, 0.25) is 0 Å². The third-order valence-electron chi connectivity index (χ3n) is 5.25. The van der Waals surface area contributed by atoms with Crippen molar-refractivity contribution >= 4 is 15.6 Å². The van der Waals surface area contributed by atoms with Crippen LogP contribution in [0.15, 0.2) is 71.3 Å². The summed E-state index contributed by atoms with van der Waals surface area (Å²) in [6.45, 7) is 0. The molecule has 0 radical (unpaired) electrons. The van der Waals surface area contributed by atoms with Gasteiger partial charge < -0.3 is 9.47 Å². The van der Waals surface area contributed by atoms with E-state index in [1.165, 1.54) is 39.4 Å². The van der Waals surface area contributed by atoms with Crippen molar-refractivity contribution < 1.29 is 26.7 Å². The molecule has 2 aromatic rings. The van der Waals surface area contributed by atoms with Crippen LogP contribution in [-0.2, 0) is 19.5 Å². The predicted octanol–water partition coefficient (Wildman–Crippen LogP) is 3.47. The first-order chi connectivity index (χ1) is 14.5. The van der Waals surface area contributed by atoms with Gasteiger partial charge in [-0.2, -0.15) is 0 Å². The summed E-state index contributed by atoms with van der Waals surface area (Å²) in [7, 11) is 0.698. The molecular formula is C22H24F2N2O4S. The summed E-state index contributed by atoms with van der Waals surface area (Å²) < 4.78 is 66.7. The molecule has 166 valence electrons. The van der Waals surface area contributed by atoms with Gasteiger partial charge >= 0.3 is 0 Å². The minimum Gasteiger partial charge on any atom is -0.496 e. The van der Waals surface area contributed by atoms with Gasteiger partial charge in [-0.1, -0.05) is 42.5 Å². The van der Waals surface area contributed by atoms with Gasteiger partial charge in [0, 0.05) is 12.7 Å². The first-order valence-electron chi connectivity index (χ1n) is 9.30. The molecule has 1 aliphatic carbocycles. The third kappa shape index (κ3) is 3.78. The molecule has 0 saturated heterocycles. The van der Waals surface area contributed by atoms with Crippen molar-refractivity contribution in [3.8, 4) is 11.1 Å². The van der Waals surface area contributed by atoms with E-state index >= 15 is 8.78 Å². The molecule has 2 aromatic carbocycles. The van der Waals surface area contributed by atoms with Crippen LogP contribution < -0.4 is 5.14 Å². The van der Waals surface area contributed by atoms with Crippen molar-refractivity contribution in [2.24, 2.45) is 5.14 Å². The van der Waals surface area contributed by atoms with E-state index in [4.69, 9.17) is 14.6 Å². The van der Waals surface area contributed by atoms with Crippen molar-refractivity contribution in [2.75, 3.05) is 28.3 Å². The number of rotatable bonds is 6. The van der Waals surface area contributed by atoms with Crippen molar-refractivity contribution in [1.29, 1.82) is 0 Å². The topological polar surface area (TPSA) is 81.9 Å². The van der Waals surface area contributed by atoms with Crippen LogP contribution in [0.1, 0.15) is 5.56 Å². The fourth-order valence-corrected chi connectivity index (χ4v) is 4.50. The number of sulfonamides is 1. The zero-order valence-electron chi connectivity index (χ0n) is 17.6. The molecule has 0 aliphatic heterocycles. The molecule has 0 fully saturated rings. The second-order valence-corrected chi connectivity index (χ2v) is 8.80. The normalized spacial score (nSPS) is 24.0. The lowest BCUT2D eigenvalue weighted by molar-refractivity contribution is -0.227. The quantitative estimate of drug-likeness (QED) is 0.682. The van der Waals surface area contributed by atoms with Crippen molar-refractivity contribution in [2.45, 2.75) is 16.5 Å². The molecule has 0 saturated carbocycles. The zero-order valence-corrected chi connectivity index (χ0v) is 18.4. The molecule has 0 heterocycles. The molecule has 0 spiro atoms. The molecule has 3 rings (SSSR count). The Morgan fingerprint density at radius 2 is 1.65 bits per heavy atom. The van der Waals surface area contributed by atoms with Crippen LogP contribution >= 0.6 is 0 Å². The van der Waals surface area contributed by atoms with E-state index in [0.29, 0.717) is 11.1 Å². The molecular weight excluding hydrogens is 426 g/mol. The predicted molar refractivity (Wildman–Crippen MR) is 115 cm³/mol. The highest BCUT2D eigenvalue weighted by Crippen LogP contribution is 2.48. The number of halogens is 2. The maximum Gasteiger partial charge on any atom is 0.285 e. The van der Waals surface area contributed by atoms with Crippen molar-refractivity contribution in [3.05, 3.63) is 72.0 Å². The summed E-state index contributed by atoms with van der Waals surface area (Å²) in [4.78, 5) is 0.754. The van der Waals surface area contributed by atoms with E-state index < -0.39 is 21.7 Å². The Labute approximate surface area is 180 Å². The number of benzene rings is 2. The number of alkyl halides is 2. The van der Waals surface area contributed by atoms with Gasteiger partial charge in [-0.05, 0) is 49.0 Å². The second-order valence-electron chi connectivity index (χ2n) is 7.27. The van der Waals surface area contributed by atoms with Crippen LogP contribution in [0.5, 0.6) is 0 Å². The maximum absolute atomic E-state index is 15.9. The lowest BCUT2D eigenvalue weighted by atomic mass is 9.86. The molecule has 2 atom stereocenters. The Kier molecular flexibility index (Phi) is 6.07. The van der Waals surface area contributed by atoms with E-state index in [9.17, 15) is 8.42 Å². The summed E-state index contributed by atoms with van der Waals surface area (Å²) in [5.41, 5.74) is 1.31. The number of hydrogen-bond acceptors (Lipinski definition) is 5. The summed E-state index contributed by atoms with van der Waals surface area (Å²) in [6.07, 6.45) is 2.17. The molecule has 0 bridgehead atoms. The minimum atomic E-state index is -4.20. The molecule has 9 heteroatoms. The lowest BCUT2D eigenvalue weighted by Crippen LogP contribution is -2.59. The number of nitrogens with zero attached hydrogens (tertiary/aromatic N) is 1. The molecule has 2 unspecified atom stereocenters. The van der Waals surface area contributed by atoms with Gasteiger partial charge in [0.2, 0.25) is 10.0 Å². The Morgan fingerprint density at radius 1 is 1.00 bits per heavy atom. The Morgan fingerprint density at radius 3 is 2.16 bits per heavy atom. The largest absolute Gasteiger partial charge is 0.496 e. The van der Waals surface area contributed by atoms with Gasteiger partial charge in [-0.3, -0.25) is 4.90 Å². The number of likely N-dealkylation sites (N-methyl/N-ethyl adjacent to an activating group) is 1. The van der Waals surface area contributed by atoms with E-state index in [0.717, 1.165) is 18.1 Å². The zero-order chi connectivity index (χ0) is 23.0. The van der Waals surface area contributed by atoms with Crippen LogP contribution in [0.4, 0.5) is 8.78 Å². The average Bonchev–Trinajstić information content (AvgIpc) is 2.74. The first-order valence-corrected chi connectivity index (χ1v) is 10.8. The number of hydrogen-bond donors (Lipinski definition) is 1. The third-order valence-corrected chi connectivity index (χ3v) is 6.20. The van der Waals surface area contributed by atoms with E-state index in [1.54, 1.807) is 30.3 Å². The van der Waals surface area contributed by atoms with E-state index in [2.05, 4.69) is 0 Å². The summed E-state index contributed by atoms with van der Waals surface area (Å²) in [5, 5.41) is 5.47.